The average molecular weight is 844 g/mol. The summed E-state index contributed by atoms with van der Waals surface area (Å²) < 4.78 is 6.33. The summed E-state index contributed by atoms with van der Waals surface area (Å²) in [6, 6.07) is 28.0. The van der Waals surface area contributed by atoms with E-state index in [0.717, 1.165) is 39.5 Å². The van der Waals surface area contributed by atoms with E-state index in [4.69, 9.17) is 19.7 Å². The molecule has 0 amide bonds. The van der Waals surface area contributed by atoms with Gasteiger partial charge in [-0.2, -0.15) is 0 Å². The Labute approximate surface area is 313 Å². The summed E-state index contributed by atoms with van der Waals surface area (Å²) in [5.41, 5.74) is 8.81. The molecule has 3 aliphatic carbocycles. The summed E-state index contributed by atoms with van der Waals surface area (Å²) >= 11 is 0. The number of rotatable bonds is 5. The van der Waals surface area contributed by atoms with Gasteiger partial charge in [0.05, 0.1) is 5.52 Å². The molecule has 1 radical (unpaired) electrons. The molecule has 2 saturated carbocycles. The number of amidine groups is 1. The molecule has 5 heteroatoms. The molecule has 0 spiro atoms. The maximum Gasteiger partial charge on any atom is 0.135 e. The van der Waals surface area contributed by atoms with Gasteiger partial charge in [0.1, 0.15) is 11.3 Å². The number of furan rings is 1. The smallest absolute Gasteiger partial charge is 0.135 e. The van der Waals surface area contributed by atoms with E-state index in [9.17, 15) is 0 Å². The van der Waals surface area contributed by atoms with E-state index < -0.39 is 0 Å². The minimum absolute atomic E-state index is 0. The largest absolute Gasteiger partial charge is 0.466 e. The van der Waals surface area contributed by atoms with Gasteiger partial charge in [-0.25, -0.2) is 0 Å². The van der Waals surface area contributed by atoms with Crippen LogP contribution in [-0.2, 0) is 25.5 Å². The first-order valence-electron chi connectivity index (χ1n) is 19.0. The van der Waals surface area contributed by atoms with Crippen molar-refractivity contribution in [1.82, 2.24) is 4.98 Å². The third-order valence-electron chi connectivity index (χ3n) is 11.0. The minimum Gasteiger partial charge on any atom is -0.466 e. The number of fused-ring (bicyclic) bond motifs is 6. The molecule has 265 valence electrons. The van der Waals surface area contributed by atoms with Crippen molar-refractivity contribution in [3.05, 3.63) is 94.8 Å². The number of aliphatic imine (C=N–C) groups is 1. The van der Waals surface area contributed by atoms with Gasteiger partial charge < -0.3 is 14.7 Å². The van der Waals surface area contributed by atoms with Crippen LogP contribution in [-0.4, -0.2) is 22.9 Å². The van der Waals surface area contributed by atoms with E-state index >= 15 is 0 Å². The number of benzene rings is 3. The zero-order chi connectivity index (χ0) is 34.1. The Morgan fingerprint density at radius 3 is 2.30 bits per heavy atom. The number of hydrogen-bond donors (Lipinski definition) is 0. The van der Waals surface area contributed by atoms with E-state index in [1.807, 2.05) is 12.1 Å². The van der Waals surface area contributed by atoms with Crippen molar-refractivity contribution in [2.24, 2.45) is 10.9 Å². The molecular weight excluding hydrogens is 791 g/mol. The number of pyridine rings is 1. The molecule has 2 aromatic heterocycles. The topological polar surface area (TPSA) is 52.5 Å². The van der Waals surface area contributed by atoms with Gasteiger partial charge in [0.25, 0.3) is 0 Å². The van der Waals surface area contributed by atoms with Crippen molar-refractivity contribution in [3.8, 4) is 22.6 Å². The molecule has 0 atom stereocenters. The summed E-state index contributed by atoms with van der Waals surface area (Å²) in [6.45, 7) is 13.5. The summed E-state index contributed by atoms with van der Waals surface area (Å²) in [5, 5.41) is 7.35. The Hall–Kier alpha value is -3.27. The number of aromatic nitrogens is 1. The number of para-hydroxylation sites is 1. The van der Waals surface area contributed by atoms with Crippen molar-refractivity contribution < 1.29 is 24.5 Å². The maximum absolute atomic E-state index is 6.33. The van der Waals surface area contributed by atoms with Gasteiger partial charge >= 0.3 is 0 Å². The van der Waals surface area contributed by atoms with Crippen molar-refractivity contribution in [2.75, 3.05) is 0 Å². The van der Waals surface area contributed by atoms with Crippen molar-refractivity contribution >= 4 is 27.7 Å². The Bertz CT molecular complexity index is 1960. The number of hydrogen-bond acceptors (Lipinski definition) is 3. The molecule has 4 nitrogen and oxygen atoms in total. The van der Waals surface area contributed by atoms with Crippen LogP contribution in [0.25, 0.3) is 49.8 Å². The Morgan fingerprint density at radius 1 is 0.860 bits per heavy atom. The van der Waals surface area contributed by atoms with Gasteiger partial charge in [-0.15, -0.1) is 29.3 Å². The van der Waals surface area contributed by atoms with Crippen LogP contribution in [0.2, 0.25) is 0 Å². The third kappa shape index (κ3) is 7.37. The number of nitrogens with zero attached hydrogens (tertiary/aromatic N) is 3. The molecule has 2 heterocycles. The Balaban J connectivity index is 0.000000196. The van der Waals surface area contributed by atoms with Crippen LogP contribution >= 0.6 is 0 Å². The van der Waals surface area contributed by atoms with Gasteiger partial charge in [-0.1, -0.05) is 154 Å². The summed E-state index contributed by atoms with van der Waals surface area (Å²) in [6.07, 6.45) is 13.4. The summed E-state index contributed by atoms with van der Waals surface area (Å²) in [4.78, 5) is 10.0. The Morgan fingerprint density at radius 2 is 1.58 bits per heavy atom. The fourth-order valence-corrected chi connectivity index (χ4v) is 8.29. The van der Waals surface area contributed by atoms with Crippen LogP contribution in [0.15, 0.2) is 76.1 Å². The molecule has 50 heavy (non-hydrogen) atoms. The zero-order valence-corrected chi connectivity index (χ0v) is 33.2. The molecule has 2 fully saturated rings. The van der Waals surface area contributed by atoms with Crippen LogP contribution in [0.3, 0.4) is 0 Å². The molecule has 3 aromatic carbocycles. The van der Waals surface area contributed by atoms with E-state index in [-0.39, 0.29) is 25.5 Å². The van der Waals surface area contributed by atoms with Crippen LogP contribution in [0.4, 0.5) is 0 Å². The van der Waals surface area contributed by atoms with Gasteiger partial charge in [0.2, 0.25) is 0 Å². The SMILES string of the molecule is CC(C)C(=NC1CCCCC1)[N-]C1CCCCC1.CC(C)c1ccc2nc(-c3[c-]ccc4c3C(C)(C)c3c-4oc4ccccc34)ccc2c1.[Ir]. The first kappa shape index (κ1) is 36.5. The first-order chi connectivity index (χ1) is 23.7. The summed E-state index contributed by atoms with van der Waals surface area (Å²) in [5.74, 6) is 3.15. The quantitative estimate of drug-likeness (QED) is 0.101. The molecule has 5 aromatic rings. The van der Waals surface area contributed by atoms with E-state index in [1.165, 1.54) is 91.7 Å². The van der Waals surface area contributed by atoms with Crippen LogP contribution in [0, 0.1) is 12.0 Å². The van der Waals surface area contributed by atoms with Crippen LogP contribution < -0.4 is 0 Å². The molecule has 0 N–H and O–H groups in total. The minimum atomic E-state index is -0.192. The molecule has 0 saturated heterocycles. The predicted molar refractivity (Wildman–Crippen MR) is 207 cm³/mol. The standard InChI is InChI=1S/C29H24NO.C16H29N2.Ir/c1-17(2)18-12-14-23-19(16-18)13-15-24(30-23)20-9-7-10-22-26(20)29(3,4)27-21-8-5-6-11-25(21)31-28(22)27;1-13(2)16(17-14-9-5-3-6-10-14)18-15-11-7-4-8-12-15;/h5-8,10-17H,1-4H3;13-15H,3-12H2,1-2H3;/q2*-1;. The van der Waals surface area contributed by atoms with Crippen molar-refractivity contribution in [1.29, 1.82) is 0 Å². The van der Waals surface area contributed by atoms with E-state index in [0.29, 0.717) is 23.9 Å². The van der Waals surface area contributed by atoms with Crippen molar-refractivity contribution in [2.45, 2.75) is 129 Å². The van der Waals surface area contributed by atoms with Gasteiger partial charge in [0.15, 0.2) is 0 Å². The van der Waals surface area contributed by atoms with Crippen LogP contribution in [0.5, 0.6) is 0 Å². The molecule has 8 rings (SSSR count). The average Bonchev–Trinajstić information content (AvgIpc) is 3.62. The summed E-state index contributed by atoms with van der Waals surface area (Å²) in [7, 11) is 0. The third-order valence-corrected chi connectivity index (χ3v) is 11.0. The molecule has 3 aliphatic rings. The Kier molecular flexibility index (Phi) is 11.3. The molecule has 0 aliphatic heterocycles. The van der Waals surface area contributed by atoms with Crippen LogP contribution in [0.1, 0.15) is 128 Å². The normalized spacial score (nSPS) is 17.7. The fourth-order valence-electron chi connectivity index (χ4n) is 8.29. The second-order valence-corrected chi connectivity index (χ2v) is 15.7. The molecule has 0 unspecified atom stereocenters. The van der Waals surface area contributed by atoms with Crippen molar-refractivity contribution in [3.63, 3.8) is 0 Å². The van der Waals surface area contributed by atoms with Gasteiger partial charge in [0, 0.05) is 31.1 Å². The van der Waals surface area contributed by atoms with E-state index in [1.54, 1.807) is 0 Å². The second-order valence-electron chi connectivity index (χ2n) is 15.7. The van der Waals surface area contributed by atoms with Gasteiger partial charge in [-0.05, 0) is 64.2 Å². The van der Waals surface area contributed by atoms with Gasteiger partial charge in [-0.3, -0.25) is 4.98 Å². The van der Waals surface area contributed by atoms with E-state index in [2.05, 4.69) is 102 Å². The monoisotopic (exact) mass is 844 g/mol. The molecular formula is C45H53IrN3O-2. The second kappa shape index (κ2) is 15.5. The molecule has 0 bridgehead atoms. The fraction of sp³-hybridized carbons (Fsp3) is 0.467. The maximum atomic E-state index is 6.33. The first-order valence-corrected chi connectivity index (χ1v) is 19.0. The zero-order valence-electron chi connectivity index (χ0n) is 30.8. The predicted octanol–water partition coefficient (Wildman–Crippen LogP) is 13.0.